The Hall–Kier alpha value is -2.11. The van der Waals surface area contributed by atoms with Gasteiger partial charge in [-0.1, -0.05) is 19.8 Å². The zero-order valence-electron chi connectivity index (χ0n) is 12.0. The molecule has 6 nitrogen and oxygen atoms in total. The van der Waals surface area contributed by atoms with Crippen molar-refractivity contribution in [3.63, 3.8) is 0 Å². The standard InChI is InChI=1S/C15H20N2O4/c1-10-3-2-4-11(7-10)9-16-12-5-6-14(17(20)21)13(8-12)15(18)19/h5-6,8,10-11,16H,2-4,7,9H2,1H3,(H,18,19). The van der Waals surface area contributed by atoms with E-state index >= 15 is 0 Å². The number of nitrogens with one attached hydrogen (secondary N) is 1. The lowest BCUT2D eigenvalue weighted by molar-refractivity contribution is -0.385. The molecule has 0 aliphatic heterocycles. The van der Waals surface area contributed by atoms with Gasteiger partial charge in [0.1, 0.15) is 5.56 Å². The van der Waals surface area contributed by atoms with Crippen LogP contribution < -0.4 is 5.32 Å². The van der Waals surface area contributed by atoms with E-state index in [1.807, 2.05) is 0 Å². The van der Waals surface area contributed by atoms with Crippen molar-refractivity contribution in [2.24, 2.45) is 11.8 Å². The largest absolute Gasteiger partial charge is 0.477 e. The predicted octanol–water partition coefficient (Wildman–Crippen LogP) is 3.53. The van der Waals surface area contributed by atoms with Crippen LogP contribution in [0.25, 0.3) is 0 Å². The fourth-order valence-electron chi connectivity index (χ4n) is 2.98. The Balaban J connectivity index is 2.05. The van der Waals surface area contributed by atoms with Gasteiger partial charge in [0.05, 0.1) is 4.92 Å². The fraction of sp³-hybridized carbons (Fsp3) is 0.533. The molecule has 0 heterocycles. The molecule has 1 saturated carbocycles. The highest BCUT2D eigenvalue weighted by Gasteiger charge is 2.21. The number of carboxylic acid groups (broad SMARTS) is 1. The molecule has 21 heavy (non-hydrogen) atoms. The Morgan fingerprint density at radius 3 is 2.86 bits per heavy atom. The van der Waals surface area contributed by atoms with Gasteiger partial charge in [-0.15, -0.1) is 0 Å². The molecule has 0 spiro atoms. The van der Waals surface area contributed by atoms with Crippen LogP contribution in [0.3, 0.4) is 0 Å². The fourth-order valence-corrected chi connectivity index (χ4v) is 2.98. The van der Waals surface area contributed by atoms with E-state index in [0.29, 0.717) is 11.6 Å². The first kappa shape index (κ1) is 15.3. The smallest absolute Gasteiger partial charge is 0.342 e. The molecule has 6 heteroatoms. The molecule has 0 amide bonds. The maximum Gasteiger partial charge on any atom is 0.342 e. The van der Waals surface area contributed by atoms with Crippen LogP contribution in [0.2, 0.25) is 0 Å². The summed E-state index contributed by atoms with van der Waals surface area (Å²) in [6.45, 7) is 3.03. The summed E-state index contributed by atoms with van der Waals surface area (Å²) in [5, 5.41) is 23.1. The predicted molar refractivity (Wildman–Crippen MR) is 79.7 cm³/mol. The molecule has 0 aromatic heterocycles. The summed E-state index contributed by atoms with van der Waals surface area (Å²) >= 11 is 0. The molecule has 0 saturated heterocycles. The van der Waals surface area contributed by atoms with E-state index < -0.39 is 10.9 Å². The zero-order chi connectivity index (χ0) is 15.4. The van der Waals surface area contributed by atoms with Crippen molar-refractivity contribution in [1.82, 2.24) is 0 Å². The minimum Gasteiger partial charge on any atom is -0.477 e. The van der Waals surface area contributed by atoms with E-state index in [0.717, 1.165) is 12.5 Å². The average molecular weight is 292 g/mol. The SMILES string of the molecule is CC1CCCC(CNc2ccc([N+](=O)[O-])c(C(=O)O)c2)C1. The van der Waals surface area contributed by atoms with Gasteiger partial charge in [-0.25, -0.2) is 4.79 Å². The molecule has 1 aliphatic rings. The third kappa shape index (κ3) is 3.93. The number of carboxylic acids is 1. The molecule has 1 fully saturated rings. The molecule has 0 radical (unpaired) electrons. The van der Waals surface area contributed by atoms with Gasteiger partial charge in [0.15, 0.2) is 0 Å². The highest BCUT2D eigenvalue weighted by molar-refractivity contribution is 5.93. The van der Waals surface area contributed by atoms with Crippen LogP contribution in [0.4, 0.5) is 11.4 Å². The van der Waals surface area contributed by atoms with Crippen LogP contribution in [0.15, 0.2) is 18.2 Å². The third-order valence-electron chi connectivity index (χ3n) is 4.06. The molecule has 2 unspecified atom stereocenters. The Morgan fingerprint density at radius 2 is 2.24 bits per heavy atom. The van der Waals surface area contributed by atoms with E-state index in [1.165, 1.54) is 37.8 Å². The summed E-state index contributed by atoms with van der Waals surface area (Å²) in [4.78, 5) is 21.2. The molecule has 2 rings (SSSR count). The average Bonchev–Trinajstić information content (AvgIpc) is 2.44. The second-order valence-electron chi connectivity index (χ2n) is 5.81. The summed E-state index contributed by atoms with van der Waals surface area (Å²) in [5.41, 5.74) is -0.0300. The Labute approximate surface area is 123 Å². The maximum absolute atomic E-state index is 11.1. The number of benzene rings is 1. The van der Waals surface area contributed by atoms with Gasteiger partial charge in [0.2, 0.25) is 0 Å². The second-order valence-corrected chi connectivity index (χ2v) is 5.81. The van der Waals surface area contributed by atoms with Crippen LogP contribution in [0.1, 0.15) is 43.0 Å². The van der Waals surface area contributed by atoms with E-state index in [1.54, 1.807) is 6.07 Å². The molecular formula is C15H20N2O4. The monoisotopic (exact) mass is 292 g/mol. The van der Waals surface area contributed by atoms with Crippen LogP contribution in [0, 0.1) is 22.0 Å². The lowest BCUT2D eigenvalue weighted by Crippen LogP contribution is -2.21. The number of nitro groups is 1. The van der Waals surface area contributed by atoms with Crippen LogP contribution >= 0.6 is 0 Å². The first-order chi connectivity index (χ1) is 9.97. The molecule has 1 aliphatic carbocycles. The number of rotatable bonds is 5. The lowest BCUT2D eigenvalue weighted by Gasteiger charge is -2.27. The summed E-state index contributed by atoms with van der Waals surface area (Å²) in [7, 11) is 0. The first-order valence-electron chi connectivity index (χ1n) is 7.23. The number of anilines is 1. The van der Waals surface area contributed by atoms with Gasteiger partial charge in [-0.2, -0.15) is 0 Å². The van der Waals surface area contributed by atoms with Gasteiger partial charge in [0.25, 0.3) is 5.69 Å². The van der Waals surface area contributed by atoms with Crippen molar-refractivity contribution < 1.29 is 14.8 Å². The van der Waals surface area contributed by atoms with Gasteiger partial charge in [0, 0.05) is 18.3 Å². The van der Waals surface area contributed by atoms with Crippen molar-refractivity contribution in [2.75, 3.05) is 11.9 Å². The van der Waals surface area contributed by atoms with Gasteiger partial charge in [-0.3, -0.25) is 10.1 Å². The number of carbonyl (C=O) groups is 1. The topological polar surface area (TPSA) is 92.5 Å². The van der Waals surface area contributed by atoms with Crippen molar-refractivity contribution >= 4 is 17.3 Å². The van der Waals surface area contributed by atoms with E-state index in [-0.39, 0.29) is 11.3 Å². The minimum atomic E-state index is -1.28. The van der Waals surface area contributed by atoms with Gasteiger partial charge in [-0.05, 0) is 36.8 Å². The molecule has 1 aromatic rings. The van der Waals surface area contributed by atoms with Crippen molar-refractivity contribution in [1.29, 1.82) is 0 Å². The number of hydrogen-bond donors (Lipinski definition) is 2. The van der Waals surface area contributed by atoms with Crippen molar-refractivity contribution in [2.45, 2.75) is 32.6 Å². The zero-order valence-corrected chi connectivity index (χ0v) is 12.0. The number of hydrogen-bond acceptors (Lipinski definition) is 4. The highest BCUT2D eigenvalue weighted by Crippen LogP contribution is 2.29. The molecular weight excluding hydrogens is 272 g/mol. The molecule has 2 atom stereocenters. The Bertz CT molecular complexity index is 544. The summed E-state index contributed by atoms with van der Waals surface area (Å²) in [6.07, 6.45) is 4.85. The van der Waals surface area contributed by atoms with E-state index in [4.69, 9.17) is 5.11 Å². The van der Waals surface area contributed by atoms with E-state index in [2.05, 4.69) is 12.2 Å². The highest BCUT2D eigenvalue weighted by atomic mass is 16.6. The quantitative estimate of drug-likeness (QED) is 0.639. The first-order valence-corrected chi connectivity index (χ1v) is 7.23. The summed E-state index contributed by atoms with van der Waals surface area (Å²) in [6, 6.07) is 4.15. The van der Waals surface area contributed by atoms with E-state index in [9.17, 15) is 14.9 Å². The van der Waals surface area contributed by atoms with Crippen molar-refractivity contribution in [3.8, 4) is 0 Å². The number of nitro benzene ring substituents is 1. The minimum absolute atomic E-state index is 0.276. The second kappa shape index (κ2) is 6.56. The van der Waals surface area contributed by atoms with Crippen LogP contribution in [-0.4, -0.2) is 22.5 Å². The van der Waals surface area contributed by atoms with Crippen LogP contribution in [0.5, 0.6) is 0 Å². The maximum atomic E-state index is 11.1. The number of nitrogens with zero attached hydrogens (tertiary/aromatic N) is 1. The van der Waals surface area contributed by atoms with Gasteiger partial charge >= 0.3 is 5.97 Å². The Morgan fingerprint density at radius 1 is 1.48 bits per heavy atom. The van der Waals surface area contributed by atoms with Crippen LogP contribution in [-0.2, 0) is 0 Å². The van der Waals surface area contributed by atoms with Crippen molar-refractivity contribution in [3.05, 3.63) is 33.9 Å². The number of aromatic carboxylic acids is 1. The molecule has 114 valence electrons. The van der Waals surface area contributed by atoms with Gasteiger partial charge < -0.3 is 10.4 Å². The summed E-state index contributed by atoms with van der Waals surface area (Å²) in [5.74, 6) is 0.0332. The Kier molecular flexibility index (Phi) is 4.77. The molecule has 1 aromatic carbocycles. The normalized spacial score (nSPS) is 21.8. The molecule has 0 bridgehead atoms. The third-order valence-corrected chi connectivity index (χ3v) is 4.06. The summed E-state index contributed by atoms with van der Waals surface area (Å²) < 4.78 is 0. The lowest BCUT2D eigenvalue weighted by atomic mass is 9.82. The molecule has 2 N–H and O–H groups in total.